The summed E-state index contributed by atoms with van der Waals surface area (Å²) in [6, 6.07) is 7.51. The molecule has 0 saturated heterocycles. The number of aromatic nitrogens is 4. The summed E-state index contributed by atoms with van der Waals surface area (Å²) in [6.07, 6.45) is 0. The number of methoxy groups -OCH3 is 1. The van der Waals surface area contributed by atoms with Crippen molar-refractivity contribution >= 4 is 29.2 Å². The Bertz CT molecular complexity index is 893. The van der Waals surface area contributed by atoms with Gasteiger partial charge in [-0.3, -0.25) is 0 Å². The summed E-state index contributed by atoms with van der Waals surface area (Å²) < 4.78 is 24.2. The van der Waals surface area contributed by atoms with Gasteiger partial charge in [0.2, 0.25) is 0 Å². The first kappa shape index (κ1) is 18.2. The molecule has 1 heterocycles. The number of rotatable bonds is 7. The molecule has 7 nitrogen and oxygen atoms in total. The smallest absolute Gasteiger partial charge is 0.263 e. The fourth-order valence-corrected chi connectivity index (χ4v) is 2.63. The molecule has 0 spiro atoms. The molecule has 0 radical (unpaired) electrons. The zero-order valence-corrected chi connectivity index (χ0v) is 15.1. The highest BCUT2D eigenvalue weighted by molar-refractivity contribution is 6.31. The van der Waals surface area contributed by atoms with E-state index < -0.39 is 5.82 Å². The van der Waals surface area contributed by atoms with Crippen LogP contribution in [-0.2, 0) is 13.2 Å². The highest BCUT2D eigenvalue weighted by Gasteiger charge is 2.12. The first-order valence-corrected chi connectivity index (χ1v) is 8.23. The van der Waals surface area contributed by atoms with Crippen LogP contribution in [0.15, 0.2) is 30.3 Å². The molecule has 0 saturated carbocycles. The topological polar surface area (TPSA) is 85.0 Å². The first-order chi connectivity index (χ1) is 12.6. The van der Waals surface area contributed by atoms with Gasteiger partial charge in [-0.15, -0.1) is 5.10 Å². The predicted molar refractivity (Wildman–Crippen MR) is 95.3 cm³/mol. The van der Waals surface area contributed by atoms with Crippen LogP contribution in [0.25, 0.3) is 0 Å². The molecule has 26 heavy (non-hydrogen) atoms. The van der Waals surface area contributed by atoms with Gasteiger partial charge in [0.15, 0.2) is 11.5 Å². The van der Waals surface area contributed by atoms with Crippen LogP contribution >= 0.6 is 23.2 Å². The summed E-state index contributed by atoms with van der Waals surface area (Å²) in [6.45, 7) is 0.519. The number of benzene rings is 2. The van der Waals surface area contributed by atoms with E-state index in [1.807, 2.05) is 0 Å². The SMILES string of the molecule is COc1cc(CNc2nn[nH]n2)c(Cl)cc1OCc1ccc(F)cc1Cl. The van der Waals surface area contributed by atoms with Gasteiger partial charge >= 0.3 is 0 Å². The average molecular weight is 398 g/mol. The third-order valence-electron chi connectivity index (χ3n) is 3.51. The zero-order chi connectivity index (χ0) is 18.5. The minimum atomic E-state index is -0.405. The average Bonchev–Trinajstić information content (AvgIpc) is 3.13. The summed E-state index contributed by atoms with van der Waals surface area (Å²) in [4.78, 5) is 0. The fraction of sp³-hybridized carbons (Fsp3) is 0.188. The fourth-order valence-electron chi connectivity index (χ4n) is 2.19. The van der Waals surface area contributed by atoms with E-state index in [1.54, 1.807) is 18.2 Å². The molecule has 0 atom stereocenters. The molecule has 3 rings (SSSR count). The van der Waals surface area contributed by atoms with E-state index in [-0.39, 0.29) is 11.6 Å². The Morgan fingerprint density at radius 1 is 1.12 bits per heavy atom. The molecule has 0 bridgehead atoms. The zero-order valence-electron chi connectivity index (χ0n) is 13.6. The molecule has 1 aromatic heterocycles. The number of halogens is 3. The molecule has 0 aliphatic heterocycles. The van der Waals surface area contributed by atoms with E-state index in [4.69, 9.17) is 32.7 Å². The number of tetrazole rings is 1. The second kappa shape index (κ2) is 8.20. The van der Waals surface area contributed by atoms with Crippen molar-refractivity contribution < 1.29 is 13.9 Å². The van der Waals surface area contributed by atoms with Gasteiger partial charge < -0.3 is 14.8 Å². The number of aromatic amines is 1. The van der Waals surface area contributed by atoms with E-state index >= 15 is 0 Å². The number of H-pyrrole nitrogens is 1. The van der Waals surface area contributed by atoms with Crippen molar-refractivity contribution in [3.8, 4) is 11.5 Å². The van der Waals surface area contributed by atoms with Gasteiger partial charge in [0.05, 0.1) is 12.1 Å². The molecule has 2 N–H and O–H groups in total. The lowest BCUT2D eigenvalue weighted by Gasteiger charge is -2.14. The Hall–Kier alpha value is -2.58. The van der Waals surface area contributed by atoms with Gasteiger partial charge in [0, 0.05) is 23.2 Å². The maximum absolute atomic E-state index is 13.1. The molecule has 0 unspecified atom stereocenters. The first-order valence-electron chi connectivity index (χ1n) is 7.47. The van der Waals surface area contributed by atoms with Gasteiger partial charge in [0.1, 0.15) is 12.4 Å². The monoisotopic (exact) mass is 397 g/mol. The number of anilines is 1. The van der Waals surface area contributed by atoms with Crippen molar-refractivity contribution in [3.63, 3.8) is 0 Å². The molecule has 3 aromatic rings. The Labute approximate surface area is 158 Å². The van der Waals surface area contributed by atoms with Crippen LogP contribution in [0.2, 0.25) is 10.0 Å². The predicted octanol–water partition coefficient (Wildman–Crippen LogP) is 3.85. The van der Waals surface area contributed by atoms with Crippen LogP contribution in [0, 0.1) is 5.82 Å². The van der Waals surface area contributed by atoms with Crippen LogP contribution < -0.4 is 14.8 Å². The number of hydrogen-bond donors (Lipinski definition) is 2. The highest BCUT2D eigenvalue weighted by Crippen LogP contribution is 2.34. The number of nitrogens with zero attached hydrogens (tertiary/aromatic N) is 3. The molecule has 0 fully saturated rings. The van der Waals surface area contributed by atoms with Crippen LogP contribution in [0.1, 0.15) is 11.1 Å². The summed E-state index contributed by atoms with van der Waals surface area (Å²) in [5, 5.41) is 17.1. The third-order valence-corrected chi connectivity index (χ3v) is 4.22. The van der Waals surface area contributed by atoms with E-state index in [2.05, 4.69) is 25.9 Å². The lowest BCUT2D eigenvalue weighted by molar-refractivity contribution is 0.284. The van der Waals surface area contributed by atoms with Gasteiger partial charge in [-0.2, -0.15) is 5.21 Å². The Kier molecular flexibility index (Phi) is 5.75. The van der Waals surface area contributed by atoms with Crippen LogP contribution in [0.3, 0.4) is 0 Å². The Morgan fingerprint density at radius 3 is 2.62 bits per heavy atom. The molecule has 136 valence electrons. The van der Waals surface area contributed by atoms with Gasteiger partial charge in [0.25, 0.3) is 5.95 Å². The lowest BCUT2D eigenvalue weighted by atomic mass is 10.2. The van der Waals surface area contributed by atoms with E-state index in [0.29, 0.717) is 34.6 Å². The minimum absolute atomic E-state index is 0.145. The van der Waals surface area contributed by atoms with Gasteiger partial charge in [-0.05, 0) is 29.0 Å². The van der Waals surface area contributed by atoms with Crippen molar-refractivity contribution in [1.82, 2.24) is 20.6 Å². The highest BCUT2D eigenvalue weighted by atomic mass is 35.5. The summed E-state index contributed by atoms with van der Waals surface area (Å²) in [5.41, 5.74) is 1.41. The second-order valence-electron chi connectivity index (χ2n) is 5.21. The standard InChI is InChI=1S/C16H14Cl2FN5O2/c1-25-14-4-10(7-20-16-21-23-24-22-16)13(18)6-15(14)26-8-9-2-3-11(19)5-12(9)17/h2-6H,7-8H2,1H3,(H2,20,21,22,23,24). The summed E-state index contributed by atoms with van der Waals surface area (Å²) in [7, 11) is 1.53. The normalized spacial score (nSPS) is 10.6. The maximum atomic E-state index is 13.1. The van der Waals surface area contributed by atoms with E-state index in [0.717, 1.165) is 5.56 Å². The number of ether oxygens (including phenoxy) is 2. The lowest BCUT2D eigenvalue weighted by Crippen LogP contribution is -2.04. The Balaban J connectivity index is 1.73. The minimum Gasteiger partial charge on any atom is -0.493 e. The van der Waals surface area contributed by atoms with Crippen molar-refractivity contribution in [2.75, 3.05) is 12.4 Å². The number of hydrogen-bond acceptors (Lipinski definition) is 6. The largest absolute Gasteiger partial charge is 0.493 e. The quantitative estimate of drug-likeness (QED) is 0.629. The molecular weight excluding hydrogens is 384 g/mol. The van der Waals surface area contributed by atoms with Crippen molar-refractivity contribution in [3.05, 3.63) is 57.3 Å². The molecule has 0 aliphatic rings. The third kappa shape index (κ3) is 4.33. The van der Waals surface area contributed by atoms with E-state index in [9.17, 15) is 4.39 Å². The molecule has 0 aliphatic carbocycles. The van der Waals surface area contributed by atoms with Crippen LogP contribution in [0.5, 0.6) is 11.5 Å². The van der Waals surface area contributed by atoms with Crippen molar-refractivity contribution in [1.29, 1.82) is 0 Å². The molecular formula is C16H14Cl2FN5O2. The molecule has 0 amide bonds. The molecule has 2 aromatic carbocycles. The van der Waals surface area contributed by atoms with Crippen molar-refractivity contribution in [2.24, 2.45) is 0 Å². The maximum Gasteiger partial charge on any atom is 0.263 e. The summed E-state index contributed by atoms with van der Waals surface area (Å²) >= 11 is 12.3. The molecule has 10 heteroatoms. The van der Waals surface area contributed by atoms with Gasteiger partial charge in [-0.25, -0.2) is 4.39 Å². The second-order valence-corrected chi connectivity index (χ2v) is 6.02. The van der Waals surface area contributed by atoms with Crippen LogP contribution in [-0.4, -0.2) is 27.7 Å². The Morgan fingerprint density at radius 2 is 1.92 bits per heavy atom. The summed E-state index contributed by atoms with van der Waals surface area (Å²) in [5.74, 6) is 0.892. The van der Waals surface area contributed by atoms with Crippen molar-refractivity contribution in [2.45, 2.75) is 13.2 Å². The van der Waals surface area contributed by atoms with E-state index in [1.165, 1.54) is 19.2 Å². The number of nitrogens with one attached hydrogen (secondary N) is 2. The van der Waals surface area contributed by atoms with Gasteiger partial charge in [-0.1, -0.05) is 34.4 Å². The van der Waals surface area contributed by atoms with Crippen LogP contribution in [0.4, 0.5) is 10.3 Å².